The first-order valence-electron chi connectivity index (χ1n) is 8.64. The van der Waals surface area contributed by atoms with Crippen molar-refractivity contribution in [2.75, 3.05) is 5.32 Å². The molecule has 0 aliphatic rings. The second kappa shape index (κ2) is 7.36. The molecule has 0 bridgehead atoms. The maximum Gasteiger partial charge on any atom is 0.328 e. The number of para-hydroxylation sites is 2. The van der Waals surface area contributed by atoms with Crippen LogP contribution in [0.1, 0.15) is 6.42 Å². The summed E-state index contributed by atoms with van der Waals surface area (Å²) in [6, 6.07) is 15.9. The van der Waals surface area contributed by atoms with Crippen molar-refractivity contribution in [1.82, 2.24) is 14.5 Å². The van der Waals surface area contributed by atoms with Crippen LogP contribution >= 0.6 is 0 Å². The highest BCUT2D eigenvalue weighted by Crippen LogP contribution is 2.26. The Kier molecular flexibility index (Phi) is 4.59. The van der Waals surface area contributed by atoms with Gasteiger partial charge in [0.05, 0.1) is 0 Å². The van der Waals surface area contributed by atoms with Gasteiger partial charge >= 0.3 is 5.69 Å². The Morgan fingerprint density at radius 3 is 2.79 bits per heavy atom. The number of anilines is 1. The highest BCUT2D eigenvalue weighted by Gasteiger charge is 2.10. The van der Waals surface area contributed by atoms with Crippen LogP contribution in [0.3, 0.4) is 0 Å². The Bertz CT molecular complexity index is 1240. The van der Waals surface area contributed by atoms with Crippen molar-refractivity contribution in [3.05, 3.63) is 81.6 Å². The minimum absolute atomic E-state index is 0.0824. The molecule has 0 atom stereocenters. The number of nitrogens with one attached hydrogen (secondary N) is 2. The predicted octanol–water partition coefficient (Wildman–Crippen LogP) is 2.37. The van der Waals surface area contributed by atoms with E-state index in [9.17, 15) is 14.4 Å². The molecule has 4 rings (SSSR count). The smallest absolute Gasteiger partial charge is 0.328 e. The Balaban J connectivity index is 1.46. The van der Waals surface area contributed by atoms with Crippen molar-refractivity contribution in [2.24, 2.45) is 0 Å². The van der Waals surface area contributed by atoms with E-state index in [4.69, 9.17) is 4.42 Å². The molecule has 8 heteroatoms. The molecule has 28 heavy (non-hydrogen) atoms. The lowest BCUT2D eigenvalue weighted by molar-refractivity contribution is -0.116. The van der Waals surface area contributed by atoms with Crippen molar-refractivity contribution in [2.45, 2.75) is 13.0 Å². The maximum atomic E-state index is 12.2. The summed E-state index contributed by atoms with van der Waals surface area (Å²) in [6.07, 6.45) is 1.45. The van der Waals surface area contributed by atoms with E-state index in [2.05, 4.69) is 15.3 Å². The molecule has 2 N–H and O–H groups in total. The number of carbonyl (C=O) groups is 1. The largest absolute Gasteiger partial charge is 0.436 e. The number of hydrogen-bond donors (Lipinski definition) is 2. The molecule has 4 aromatic rings. The number of aryl methyl sites for hydroxylation is 1. The van der Waals surface area contributed by atoms with E-state index in [1.807, 2.05) is 30.3 Å². The van der Waals surface area contributed by atoms with Gasteiger partial charge in [-0.2, -0.15) is 0 Å². The lowest BCUT2D eigenvalue weighted by atomic mass is 10.2. The highest BCUT2D eigenvalue weighted by atomic mass is 16.3. The van der Waals surface area contributed by atoms with Crippen LogP contribution in [0.15, 0.2) is 74.8 Å². The number of amides is 1. The molecule has 2 heterocycles. The van der Waals surface area contributed by atoms with Gasteiger partial charge in [0.15, 0.2) is 5.58 Å². The number of fused-ring (bicyclic) bond motifs is 1. The zero-order valence-electron chi connectivity index (χ0n) is 14.7. The van der Waals surface area contributed by atoms with Gasteiger partial charge in [0.1, 0.15) is 5.52 Å². The van der Waals surface area contributed by atoms with Crippen LogP contribution < -0.4 is 16.6 Å². The van der Waals surface area contributed by atoms with Crippen molar-refractivity contribution < 1.29 is 9.21 Å². The van der Waals surface area contributed by atoms with Gasteiger partial charge in [0, 0.05) is 36.5 Å². The maximum absolute atomic E-state index is 12.2. The summed E-state index contributed by atoms with van der Waals surface area (Å²) in [5, 5.41) is 2.79. The third-order valence-electron chi connectivity index (χ3n) is 4.16. The van der Waals surface area contributed by atoms with Crippen LogP contribution in [0, 0.1) is 0 Å². The number of hydrogen-bond acceptors (Lipinski definition) is 5. The monoisotopic (exact) mass is 376 g/mol. The number of H-pyrrole nitrogens is 1. The summed E-state index contributed by atoms with van der Waals surface area (Å²) in [5.41, 5.74) is 1.78. The first kappa shape index (κ1) is 17.5. The minimum Gasteiger partial charge on any atom is -0.436 e. The van der Waals surface area contributed by atoms with E-state index in [1.54, 1.807) is 18.2 Å². The number of rotatable bonds is 5. The number of carbonyl (C=O) groups excluding carboxylic acids is 1. The molecule has 2 aromatic carbocycles. The molecule has 0 spiro atoms. The summed E-state index contributed by atoms with van der Waals surface area (Å²) in [6.45, 7) is 0.159. The predicted molar refractivity (Wildman–Crippen MR) is 104 cm³/mol. The summed E-state index contributed by atoms with van der Waals surface area (Å²) >= 11 is 0. The second-order valence-electron chi connectivity index (χ2n) is 6.17. The highest BCUT2D eigenvalue weighted by molar-refractivity contribution is 5.91. The van der Waals surface area contributed by atoms with Gasteiger partial charge in [-0.1, -0.05) is 18.2 Å². The zero-order chi connectivity index (χ0) is 19.5. The molecule has 0 radical (unpaired) electrons. The van der Waals surface area contributed by atoms with Crippen molar-refractivity contribution >= 4 is 22.7 Å². The topological polar surface area (TPSA) is 110 Å². The zero-order valence-corrected chi connectivity index (χ0v) is 14.7. The van der Waals surface area contributed by atoms with Crippen molar-refractivity contribution in [1.29, 1.82) is 0 Å². The quantitative estimate of drug-likeness (QED) is 0.556. The number of aromatic nitrogens is 3. The Labute approximate surface area is 158 Å². The average molecular weight is 376 g/mol. The fourth-order valence-electron chi connectivity index (χ4n) is 2.79. The van der Waals surface area contributed by atoms with E-state index in [-0.39, 0.29) is 18.9 Å². The minimum atomic E-state index is -0.543. The van der Waals surface area contributed by atoms with Gasteiger partial charge in [-0.25, -0.2) is 9.78 Å². The number of aromatic amines is 1. The molecule has 2 aromatic heterocycles. The number of oxazole rings is 1. The van der Waals surface area contributed by atoms with E-state index in [0.717, 1.165) is 11.1 Å². The Morgan fingerprint density at radius 1 is 1.11 bits per heavy atom. The molecule has 0 fully saturated rings. The van der Waals surface area contributed by atoms with Crippen LogP contribution in [-0.2, 0) is 11.3 Å². The van der Waals surface area contributed by atoms with Crippen LogP contribution in [0.4, 0.5) is 5.69 Å². The fraction of sp³-hybridized carbons (Fsp3) is 0.100. The molecule has 1 amide bonds. The number of benzene rings is 2. The first-order valence-corrected chi connectivity index (χ1v) is 8.64. The van der Waals surface area contributed by atoms with Gasteiger partial charge < -0.3 is 14.3 Å². The summed E-state index contributed by atoms with van der Waals surface area (Å²) < 4.78 is 7.02. The van der Waals surface area contributed by atoms with E-state index in [0.29, 0.717) is 17.2 Å². The van der Waals surface area contributed by atoms with E-state index < -0.39 is 11.2 Å². The standard InChI is InChI=1S/C20H16N4O4/c25-17(8-10-24-11-9-18(26)23-20(24)27)21-14-5-3-4-13(12-14)19-22-15-6-1-2-7-16(15)28-19/h1-7,9,11-12H,8,10H2,(H,21,25)(H,23,26,27). The van der Waals surface area contributed by atoms with Crippen LogP contribution in [0.5, 0.6) is 0 Å². The van der Waals surface area contributed by atoms with Crippen molar-refractivity contribution in [3.63, 3.8) is 0 Å². The Hall–Kier alpha value is -3.94. The molecule has 8 nitrogen and oxygen atoms in total. The molecule has 0 aliphatic carbocycles. The van der Waals surface area contributed by atoms with Gasteiger partial charge in [0.25, 0.3) is 5.56 Å². The van der Waals surface area contributed by atoms with Crippen LogP contribution in [-0.4, -0.2) is 20.4 Å². The van der Waals surface area contributed by atoms with Gasteiger partial charge in [-0.3, -0.25) is 14.6 Å². The fourth-order valence-corrected chi connectivity index (χ4v) is 2.79. The molecule has 140 valence electrons. The molecule has 0 unspecified atom stereocenters. The first-order chi connectivity index (χ1) is 13.6. The normalized spacial score (nSPS) is 10.9. The second-order valence-corrected chi connectivity index (χ2v) is 6.17. The summed E-state index contributed by atoms with van der Waals surface area (Å²) in [5.74, 6) is 0.213. The third kappa shape index (κ3) is 3.75. The third-order valence-corrected chi connectivity index (χ3v) is 4.16. The lowest BCUT2D eigenvalue weighted by Gasteiger charge is -2.07. The average Bonchev–Trinajstić information content (AvgIpc) is 3.12. The van der Waals surface area contributed by atoms with Gasteiger partial charge in [0.2, 0.25) is 11.8 Å². The van der Waals surface area contributed by atoms with E-state index in [1.165, 1.54) is 16.8 Å². The molecular weight excluding hydrogens is 360 g/mol. The molecule has 0 aliphatic heterocycles. The summed E-state index contributed by atoms with van der Waals surface area (Å²) in [7, 11) is 0. The van der Waals surface area contributed by atoms with E-state index >= 15 is 0 Å². The van der Waals surface area contributed by atoms with Crippen LogP contribution in [0.2, 0.25) is 0 Å². The SMILES string of the molecule is O=C(CCn1ccc(=O)[nH]c1=O)Nc1cccc(-c2nc3ccccc3o2)c1. The van der Waals surface area contributed by atoms with Gasteiger partial charge in [-0.05, 0) is 30.3 Å². The lowest BCUT2D eigenvalue weighted by Crippen LogP contribution is -2.29. The van der Waals surface area contributed by atoms with Crippen LogP contribution in [0.25, 0.3) is 22.6 Å². The molecular formula is C20H16N4O4. The Morgan fingerprint density at radius 2 is 1.96 bits per heavy atom. The number of nitrogens with zero attached hydrogens (tertiary/aromatic N) is 2. The summed E-state index contributed by atoms with van der Waals surface area (Å²) in [4.78, 5) is 41.5. The molecule has 0 saturated heterocycles. The van der Waals surface area contributed by atoms with Gasteiger partial charge in [-0.15, -0.1) is 0 Å². The molecule has 0 saturated carbocycles. The van der Waals surface area contributed by atoms with Crippen molar-refractivity contribution in [3.8, 4) is 11.5 Å².